The number of nitrogens with two attached hydrogens (primary N) is 1. The Kier molecular flexibility index (Phi) is 5.31. The van der Waals surface area contributed by atoms with E-state index in [1.54, 1.807) is 32.0 Å². The number of rotatable bonds is 4. The number of anilines is 2. The fourth-order valence-corrected chi connectivity index (χ4v) is 3.50. The third-order valence-corrected chi connectivity index (χ3v) is 4.90. The number of nitrogen functional groups attached to an aromatic ring is 1. The van der Waals surface area contributed by atoms with Crippen molar-refractivity contribution >= 4 is 29.1 Å². The Morgan fingerprint density at radius 1 is 1.25 bits per heavy atom. The number of carbonyl (C=O) groups excluding carboxylic acids is 3. The molecule has 0 fully saturated rings. The number of amides is 3. The van der Waals surface area contributed by atoms with Crippen LogP contribution in [0.1, 0.15) is 31.7 Å². The largest absolute Gasteiger partial charge is 0.398 e. The molecule has 1 aliphatic rings. The standard InChI is InChI=1S/C22H23N3O3/c1-4-8-19(26)24-14(3)22(28)25-18-12-7-11-17(23)20(18)16-10-6-5-9-15(16)13(2)21(25)27/h4-7,9-14H,1,8,23H2,2-3H3,(H,24,26)/t13?,14-/m0/s1. The van der Waals surface area contributed by atoms with Gasteiger partial charge >= 0.3 is 0 Å². The summed E-state index contributed by atoms with van der Waals surface area (Å²) in [6, 6.07) is 11.8. The number of imide groups is 1. The maximum atomic E-state index is 13.3. The van der Waals surface area contributed by atoms with E-state index in [9.17, 15) is 14.4 Å². The fourth-order valence-electron chi connectivity index (χ4n) is 3.50. The summed E-state index contributed by atoms with van der Waals surface area (Å²) in [6.45, 7) is 6.84. The Balaban J connectivity index is 2.12. The molecule has 0 radical (unpaired) electrons. The predicted molar refractivity (Wildman–Crippen MR) is 110 cm³/mol. The molecule has 28 heavy (non-hydrogen) atoms. The van der Waals surface area contributed by atoms with Crippen molar-refractivity contribution in [2.75, 3.05) is 10.6 Å². The smallest absolute Gasteiger partial charge is 0.256 e. The van der Waals surface area contributed by atoms with Gasteiger partial charge in [0.05, 0.1) is 11.6 Å². The quantitative estimate of drug-likeness (QED) is 0.633. The topological polar surface area (TPSA) is 92.5 Å². The van der Waals surface area contributed by atoms with E-state index in [0.717, 1.165) is 16.0 Å². The molecular weight excluding hydrogens is 354 g/mol. The van der Waals surface area contributed by atoms with Crippen LogP contribution in [0, 0.1) is 0 Å². The molecule has 0 saturated carbocycles. The van der Waals surface area contributed by atoms with Gasteiger partial charge in [-0.25, -0.2) is 4.90 Å². The highest BCUT2D eigenvalue weighted by atomic mass is 16.2. The third-order valence-electron chi connectivity index (χ3n) is 4.90. The molecule has 0 aliphatic carbocycles. The summed E-state index contributed by atoms with van der Waals surface area (Å²) in [7, 11) is 0. The van der Waals surface area contributed by atoms with Gasteiger partial charge in [0.1, 0.15) is 6.04 Å². The molecule has 3 N–H and O–H groups in total. The van der Waals surface area contributed by atoms with Gasteiger partial charge in [0, 0.05) is 17.7 Å². The SMILES string of the molecule is C=CCC(=O)N[C@@H](C)C(=O)N1C(=O)C(C)c2ccccc2-c2c(N)cccc21. The van der Waals surface area contributed by atoms with Crippen LogP contribution in [0.15, 0.2) is 55.1 Å². The zero-order valence-corrected chi connectivity index (χ0v) is 15.9. The Hall–Kier alpha value is -3.41. The third kappa shape index (κ3) is 3.29. The number of fused-ring (bicyclic) bond motifs is 3. The van der Waals surface area contributed by atoms with Crippen molar-refractivity contribution in [3.8, 4) is 11.1 Å². The minimum Gasteiger partial charge on any atom is -0.398 e. The van der Waals surface area contributed by atoms with Gasteiger partial charge in [0.25, 0.3) is 5.91 Å². The van der Waals surface area contributed by atoms with Gasteiger partial charge in [-0.15, -0.1) is 6.58 Å². The molecule has 144 valence electrons. The normalized spacial score (nSPS) is 16.4. The van der Waals surface area contributed by atoms with Gasteiger partial charge in [-0.1, -0.05) is 36.4 Å². The van der Waals surface area contributed by atoms with Crippen molar-refractivity contribution in [3.63, 3.8) is 0 Å². The van der Waals surface area contributed by atoms with E-state index in [2.05, 4.69) is 11.9 Å². The molecule has 6 nitrogen and oxygen atoms in total. The summed E-state index contributed by atoms with van der Waals surface area (Å²) in [4.78, 5) is 39.5. The van der Waals surface area contributed by atoms with Gasteiger partial charge < -0.3 is 11.1 Å². The number of benzene rings is 2. The van der Waals surface area contributed by atoms with Crippen LogP contribution in [0.2, 0.25) is 0 Å². The van der Waals surface area contributed by atoms with E-state index in [-0.39, 0.29) is 18.2 Å². The van der Waals surface area contributed by atoms with Crippen molar-refractivity contribution in [3.05, 3.63) is 60.7 Å². The lowest BCUT2D eigenvalue weighted by molar-refractivity contribution is -0.130. The average Bonchev–Trinajstić information content (AvgIpc) is 2.76. The first kappa shape index (κ1) is 19.4. The maximum absolute atomic E-state index is 13.3. The van der Waals surface area contributed by atoms with E-state index < -0.39 is 17.9 Å². The molecule has 2 aromatic rings. The monoisotopic (exact) mass is 377 g/mol. The lowest BCUT2D eigenvalue weighted by Crippen LogP contribution is -2.50. The first-order chi connectivity index (χ1) is 13.4. The number of nitrogens with zero attached hydrogens (tertiary/aromatic N) is 1. The number of carbonyl (C=O) groups is 3. The van der Waals surface area contributed by atoms with E-state index in [1.165, 1.54) is 6.08 Å². The van der Waals surface area contributed by atoms with Crippen molar-refractivity contribution in [2.24, 2.45) is 0 Å². The second kappa shape index (κ2) is 7.68. The molecule has 1 heterocycles. The van der Waals surface area contributed by atoms with E-state index in [1.807, 2.05) is 24.3 Å². The lowest BCUT2D eigenvalue weighted by atomic mass is 9.92. The second-order valence-electron chi connectivity index (χ2n) is 6.84. The van der Waals surface area contributed by atoms with Crippen molar-refractivity contribution in [1.29, 1.82) is 0 Å². The Morgan fingerprint density at radius 3 is 2.68 bits per heavy atom. The Bertz CT molecular complexity index is 967. The number of hydrogen-bond acceptors (Lipinski definition) is 4. The average molecular weight is 377 g/mol. The molecule has 2 atom stereocenters. The minimum atomic E-state index is -0.876. The summed E-state index contributed by atoms with van der Waals surface area (Å²) in [5, 5.41) is 2.62. The maximum Gasteiger partial charge on any atom is 0.256 e. The first-order valence-electron chi connectivity index (χ1n) is 9.12. The highest BCUT2D eigenvalue weighted by Crippen LogP contribution is 2.43. The zero-order chi connectivity index (χ0) is 20.4. The van der Waals surface area contributed by atoms with Crippen LogP contribution >= 0.6 is 0 Å². The molecular formula is C22H23N3O3. The van der Waals surface area contributed by atoms with Crippen LogP contribution in [0.3, 0.4) is 0 Å². The minimum absolute atomic E-state index is 0.0942. The number of nitrogens with one attached hydrogen (secondary N) is 1. The van der Waals surface area contributed by atoms with E-state index in [4.69, 9.17) is 5.73 Å². The van der Waals surface area contributed by atoms with Gasteiger partial charge in [0.2, 0.25) is 11.8 Å². The molecule has 6 heteroatoms. The fraction of sp³-hybridized carbons (Fsp3) is 0.227. The molecule has 2 aromatic carbocycles. The summed E-state index contributed by atoms with van der Waals surface area (Å²) >= 11 is 0. The van der Waals surface area contributed by atoms with Crippen LogP contribution in [-0.4, -0.2) is 23.8 Å². The highest BCUT2D eigenvalue weighted by molar-refractivity contribution is 6.22. The highest BCUT2D eigenvalue weighted by Gasteiger charge is 2.37. The molecule has 0 saturated heterocycles. The van der Waals surface area contributed by atoms with Crippen LogP contribution in [0.5, 0.6) is 0 Å². The van der Waals surface area contributed by atoms with Crippen molar-refractivity contribution in [1.82, 2.24) is 5.32 Å². The van der Waals surface area contributed by atoms with Gasteiger partial charge in [-0.2, -0.15) is 0 Å². The Morgan fingerprint density at radius 2 is 1.96 bits per heavy atom. The molecule has 0 bridgehead atoms. The molecule has 1 unspecified atom stereocenters. The van der Waals surface area contributed by atoms with Crippen molar-refractivity contribution in [2.45, 2.75) is 32.2 Å². The van der Waals surface area contributed by atoms with Crippen LogP contribution in [0.4, 0.5) is 11.4 Å². The molecule has 1 aliphatic heterocycles. The van der Waals surface area contributed by atoms with Crippen LogP contribution < -0.4 is 16.0 Å². The molecule has 0 aromatic heterocycles. The van der Waals surface area contributed by atoms with E-state index in [0.29, 0.717) is 16.9 Å². The second-order valence-corrected chi connectivity index (χ2v) is 6.84. The zero-order valence-electron chi connectivity index (χ0n) is 15.9. The summed E-state index contributed by atoms with van der Waals surface area (Å²) in [5.41, 5.74) is 9.44. The first-order valence-corrected chi connectivity index (χ1v) is 9.12. The lowest BCUT2D eigenvalue weighted by Gasteiger charge is -2.26. The Labute approximate surface area is 164 Å². The predicted octanol–water partition coefficient (Wildman–Crippen LogP) is 2.99. The van der Waals surface area contributed by atoms with Gasteiger partial charge in [-0.3, -0.25) is 14.4 Å². The summed E-state index contributed by atoms with van der Waals surface area (Å²) in [5.74, 6) is -1.73. The number of hydrogen-bond donors (Lipinski definition) is 2. The van der Waals surface area contributed by atoms with Crippen LogP contribution in [-0.2, 0) is 14.4 Å². The summed E-state index contributed by atoms with van der Waals surface area (Å²) < 4.78 is 0. The van der Waals surface area contributed by atoms with Crippen molar-refractivity contribution < 1.29 is 14.4 Å². The molecule has 0 spiro atoms. The van der Waals surface area contributed by atoms with Gasteiger partial charge in [0.15, 0.2) is 0 Å². The summed E-state index contributed by atoms with van der Waals surface area (Å²) in [6.07, 6.45) is 1.55. The van der Waals surface area contributed by atoms with Gasteiger partial charge in [-0.05, 0) is 37.1 Å². The molecule has 3 rings (SSSR count). The van der Waals surface area contributed by atoms with Crippen LogP contribution in [0.25, 0.3) is 11.1 Å². The van der Waals surface area contributed by atoms with E-state index >= 15 is 0 Å². The molecule has 3 amide bonds.